The maximum atomic E-state index is 11.4. The van der Waals surface area contributed by atoms with Gasteiger partial charge in [0, 0.05) is 5.92 Å². The third-order valence-electron chi connectivity index (χ3n) is 2.16. The van der Waals surface area contributed by atoms with E-state index >= 15 is 0 Å². The predicted octanol–water partition coefficient (Wildman–Crippen LogP) is 3.34. The summed E-state index contributed by atoms with van der Waals surface area (Å²) in [6.07, 6.45) is 1.95. The first kappa shape index (κ1) is 9.81. The standard InChI is InChI=1S/C10H9Cl2NO/c11-7-2-1-3-8(9(7)12)13-10(14)6-4-5-6/h1-3,6H,4-5H2,(H,13,14). The minimum absolute atomic E-state index is 0.0363. The first-order valence-corrected chi connectivity index (χ1v) is 5.19. The SMILES string of the molecule is O=C(Nc1cccc(Cl)c1Cl)C1CC1. The number of rotatable bonds is 2. The molecule has 4 heteroatoms. The molecule has 1 aliphatic carbocycles. The van der Waals surface area contributed by atoms with Crippen LogP contribution in [0.5, 0.6) is 0 Å². The zero-order valence-corrected chi connectivity index (χ0v) is 8.90. The van der Waals surface area contributed by atoms with Gasteiger partial charge in [0.25, 0.3) is 0 Å². The van der Waals surface area contributed by atoms with E-state index in [-0.39, 0.29) is 11.8 Å². The van der Waals surface area contributed by atoms with Crippen molar-refractivity contribution < 1.29 is 4.79 Å². The van der Waals surface area contributed by atoms with Crippen molar-refractivity contribution in [3.8, 4) is 0 Å². The average molecular weight is 230 g/mol. The molecule has 0 saturated heterocycles. The summed E-state index contributed by atoms with van der Waals surface area (Å²) in [6.45, 7) is 0. The molecule has 1 amide bonds. The monoisotopic (exact) mass is 229 g/mol. The Bertz CT molecular complexity index is 374. The molecule has 2 rings (SSSR count). The summed E-state index contributed by atoms with van der Waals surface area (Å²) in [5.74, 6) is 0.208. The second-order valence-electron chi connectivity index (χ2n) is 3.36. The van der Waals surface area contributed by atoms with E-state index in [4.69, 9.17) is 23.2 Å². The van der Waals surface area contributed by atoms with Crippen LogP contribution < -0.4 is 5.32 Å². The van der Waals surface area contributed by atoms with Crippen molar-refractivity contribution in [3.05, 3.63) is 28.2 Å². The van der Waals surface area contributed by atoms with Gasteiger partial charge in [0.1, 0.15) is 0 Å². The molecule has 0 heterocycles. The molecule has 0 unspecified atom stereocenters. The van der Waals surface area contributed by atoms with E-state index < -0.39 is 0 Å². The first-order valence-electron chi connectivity index (χ1n) is 4.43. The summed E-state index contributed by atoms with van der Waals surface area (Å²) in [6, 6.07) is 5.20. The molecule has 1 fully saturated rings. The lowest BCUT2D eigenvalue weighted by atomic mass is 10.3. The van der Waals surface area contributed by atoms with Gasteiger partial charge in [-0.05, 0) is 25.0 Å². The van der Waals surface area contributed by atoms with Crippen LogP contribution in [-0.2, 0) is 4.79 Å². The molecule has 0 atom stereocenters. The van der Waals surface area contributed by atoms with Crippen molar-refractivity contribution in [1.82, 2.24) is 0 Å². The molecule has 1 saturated carbocycles. The molecule has 0 aromatic heterocycles. The van der Waals surface area contributed by atoms with Crippen LogP contribution in [0.25, 0.3) is 0 Å². The van der Waals surface area contributed by atoms with Crippen LogP contribution in [-0.4, -0.2) is 5.91 Å². The van der Waals surface area contributed by atoms with Gasteiger partial charge in [-0.1, -0.05) is 29.3 Å². The zero-order chi connectivity index (χ0) is 10.1. The van der Waals surface area contributed by atoms with Crippen molar-refractivity contribution in [2.75, 3.05) is 5.32 Å². The fraction of sp³-hybridized carbons (Fsp3) is 0.300. The Morgan fingerprint density at radius 1 is 1.36 bits per heavy atom. The van der Waals surface area contributed by atoms with Gasteiger partial charge >= 0.3 is 0 Å². The molecule has 74 valence electrons. The summed E-state index contributed by atoms with van der Waals surface area (Å²) < 4.78 is 0. The van der Waals surface area contributed by atoms with Crippen LogP contribution in [0, 0.1) is 5.92 Å². The van der Waals surface area contributed by atoms with E-state index in [0.29, 0.717) is 15.7 Å². The summed E-state index contributed by atoms with van der Waals surface area (Å²) in [5.41, 5.74) is 0.594. The van der Waals surface area contributed by atoms with Crippen molar-refractivity contribution in [1.29, 1.82) is 0 Å². The molecular weight excluding hydrogens is 221 g/mol. The molecule has 0 spiro atoms. The number of amides is 1. The Balaban J connectivity index is 2.15. The number of nitrogens with one attached hydrogen (secondary N) is 1. The smallest absolute Gasteiger partial charge is 0.227 e. The van der Waals surface area contributed by atoms with E-state index in [1.54, 1.807) is 18.2 Å². The van der Waals surface area contributed by atoms with Gasteiger partial charge in [0.05, 0.1) is 15.7 Å². The Morgan fingerprint density at radius 3 is 2.71 bits per heavy atom. The minimum atomic E-state index is 0.0363. The van der Waals surface area contributed by atoms with Gasteiger partial charge < -0.3 is 5.32 Å². The third kappa shape index (κ3) is 2.02. The summed E-state index contributed by atoms with van der Waals surface area (Å²) >= 11 is 11.7. The third-order valence-corrected chi connectivity index (χ3v) is 2.98. The van der Waals surface area contributed by atoms with Gasteiger partial charge in [0.2, 0.25) is 5.91 Å². The zero-order valence-electron chi connectivity index (χ0n) is 7.39. The number of anilines is 1. The topological polar surface area (TPSA) is 29.1 Å². The van der Waals surface area contributed by atoms with Gasteiger partial charge in [-0.25, -0.2) is 0 Å². The van der Waals surface area contributed by atoms with Crippen LogP contribution in [0.1, 0.15) is 12.8 Å². The Morgan fingerprint density at radius 2 is 2.07 bits per heavy atom. The van der Waals surface area contributed by atoms with E-state index in [1.807, 2.05) is 0 Å². The number of hydrogen-bond acceptors (Lipinski definition) is 1. The summed E-state index contributed by atoms with van der Waals surface area (Å²) in [7, 11) is 0. The fourth-order valence-corrected chi connectivity index (χ4v) is 1.53. The molecule has 0 radical (unpaired) electrons. The molecule has 1 N–H and O–H groups in total. The van der Waals surface area contributed by atoms with Crippen molar-refractivity contribution in [2.24, 2.45) is 5.92 Å². The van der Waals surface area contributed by atoms with Crippen molar-refractivity contribution >= 4 is 34.8 Å². The van der Waals surface area contributed by atoms with Crippen LogP contribution in [0.4, 0.5) is 5.69 Å². The highest BCUT2D eigenvalue weighted by Gasteiger charge is 2.29. The lowest BCUT2D eigenvalue weighted by Gasteiger charge is -2.06. The number of benzene rings is 1. The quantitative estimate of drug-likeness (QED) is 0.829. The summed E-state index contributed by atoms with van der Waals surface area (Å²) in [4.78, 5) is 11.4. The van der Waals surface area contributed by atoms with Crippen LogP contribution in [0.3, 0.4) is 0 Å². The predicted molar refractivity (Wildman–Crippen MR) is 57.8 cm³/mol. The van der Waals surface area contributed by atoms with E-state index in [2.05, 4.69) is 5.32 Å². The number of halogens is 2. The molecule has 2 nitrogen and oxygen atoms in total. The molecule has 1 aromatic carbocycles. The maximum Gasteiger partial charge on any atom is 0.227 e. The lowest BCUT2D eigenvalue weighted by molar-refractivity contribution is -0.117. The normalized spacial score (nSPS) is 15.3. The van der Waals surface area contributed by atoms with Gasteiger partial charge in [-0.15, -0.1) is 0 Å². The molecule has 0 aliphatic heterocycles. The highest BCUT2D eigenvalue weighted by Crippen LogP contribution is 2.33. The van der Waals surface area contributed by atoms with Gasteiger partial charge in [0.15, 0.2) is 0 Å². The molecular formula is C10H9Cl2NO. The molecule has 0 bridgehead atoms. The van der Waals surface area contributed by atoms with E-state index in [0.717, 1.165) is 12.8 Å². The first-order chi connectivity index (χ1) is 6.68. The second kappa shape index (κ2) is 3.79. The van der Waals surface area contributed by atoms with Gasteiger partial charge in [-0.2, -0.15) is 0 Å². The lowest BCUT2D eigenvalue weighted by Crippen LogP contribution is -2.13. The van der Waals surface area contributed by atoms with Gasteiger partial charge in [-0.3, -0.25) is 4.79 Å². The fourth-order valence-electron chi connectivity index (χ4n) is 1.18. The highest BCUT2D eigenvalue weighted by atomic mass is 35.5. The Kier molecular flexibility index (Phi) is 2.66. The van der Waals surface area contributed by atoms with Crippen molar-refractivity contribution in [3.63, 3.8) is 0 Å². The number of hydrogen-bond donors (Lipinski definition) is 1. The molecule has 14 heavy (non-hydrogen) atoms. The van der Waals surface area contributed by atoms with Crippen LogP contribution in [0.2, 0.25) is 10.0 Å². The molecule has 1 aromatic rings. The summed E-state index contributed by atoms with van der Waals surface area (Å²) in [5, 5.41) is 3.62. The number of carbonyl (C=O) groups is 1. The van der Waals surface area contributed by atoms with E-state index in [1.165, 1.54) is 0 Å². The molecule has 1 aliphatic rings. The maximum absolute atomic E-state index is 11.4. The number of carbonyl (C=O) groups excluding carboxylic acids is 1. The van der Waals surface area contributed by atoms with Crippen LogP contribution in [0.15, 0.2) is 18.2 Å². The highest BCUT2D eigenvalue weighted by molar-refractivity contribution is 6.44. The second-order valence-corrected chi connectivity index (χ2v) is 4.15. The Labute approximate surface area is 92.2 Å². The largest absolute Gasteiger partial charge is 0.324 e. The van der Waals surface area contributed by atoms with Crippen molar-refractivity contribution in [2.45, 2.75) is 12.8 Å². The van der Waals surface area contributed by atoms with Crippen LogP contribution >= 0.6 is 23.2 Å². The average Bonchev–Trinajstić information content (AvgIpc) is 2.95. The van der Waals surface area contributed by atoms with E-state index in [9.17, 15) is 4.79 Å². The minimum Gasteiger partial charge on any atom is -0.324 e. The Hall–Kier alpha value is -0.730.